The average molecular weight is 451 g/mol. The van der Waals surface area contributed by atoms with Crippen molar-refractivity contribution in [1.29, 1.82) is 0 Å². The first-order valence-corrected chi connectivity index (χ1v) is 11.7. The summed E-state index contributed by atoms with van der Waals surface area (Å²) in [5, 5.41) is -3.08. The Hall–Kier alpha value is -1.77. The first-order chi connectivity index (χ1) is 15.1. The van der Waals surface area contributed by atoms with Gasteiger partial charge in [0.05, 0.1) is 38.2 Å². The van der Waals surface area contributed by atoms with Gasteiger partial charge in [0.15, 0.2) is 0 Å². The van der Waals surface area contributed by atoms with E-state index in [1.54, 1.807) is 0 Å². The maximum atomic E-state index is 6.24. The van der Waals surface area contributed by atoms with Crippen LogP contribution in [-0.4, -0.2) is 37.0 Å². The molecule has 0 spiro atoms. The quantitative estimate of drug-likeness (QED) is 0.290. The molecule has 0 saturated carbocycles. The van der Waals surface area contributed by atoms with Gasteiger partial charge < -0.3 is 28.4 Å². The van der Waals surface area contributed by atoms with Crippen LogP contribution in [0.5, 0.6) is 11.5 Å². The zero-order valence-corrected chi connectivity index (χ0v) is 19.7. The smallest absolute Gasteiger partial charge is 0.391 e. The fourth-order valence-electron chi connectivity index (χ4n) is 2.59. The molecule has 0 aliphatic rings. The average Bonchev–Trinajstić information content (AvgIpc) is 2.78. The summed E-state index contributed by atoms with van der Waals surface area (Å²) in [6, 6.07) is 18.8. The third-order valence-corrected chi connectivity index (χ3v) is 4.97. The van der Waals surface area contributed by atoms with E-state index in [1.165, 1.54) is 0 Å². The number of hydrogen-bond donors (Lipinski definition) is 0. The van der Waals surface area contributed by atoms with E-state index in [0.29, 0.717) is 37.9 Å². The lowest BCUT2D eigenvalue weighted by molar-refractivity contribution is -0.304. The lowest BCUT2D eigenvalue weighted by atomic mass is 10.3. The van der Waals surface area contributed by atoms with Crippen molar-refractivity contribution in [1.82, 2.24) is 0 Å². The van der Waals surface area contributed by atoms with Crippen LogP contribution in [0.25, 0.3) is 0 Å². The molecule has 0 radical (unpaired) electrons. The lowest BCUT2D eigenvalue weighted by Gasteiger charge is -2.39. The zero-order chi connectivity index (χ0) is 22.4. The van der Waals surface area contributed by atoms with Crippen LogP contribution in [0.15, 0.2) is 60.7 Å². The van der Waals surface area contributed by atoms with Crippen molar-refractivity contribution in [3.63, 3.8) is 0 Å². The molecule has 0 aromatic heterocycles. The molecule has 0 aliphatic heterocycles. The number of benzene rings is 2. The second-order valence-corrected chi connectivity index (χ2v) is 7.70. The van der Waals surface area contributed by atoms with Crippen LogP contribution in [0.1, 0.15) is 40.5 Å². The summed E-state index contributed by atoms with van der Waals surface area (Å²) in [6.07, 6.45) is 1.56. The number of para-hydroxylation sites is 2. The molecule has 0 fully saturated rings. The molecule has 0 bridgehead atoms. The van der Waals surface area contributed by atoms with Gasteiger partial charge in [-0.2, -0.15) is 0 Å². The zero-order valence-electron chi connectivity index (χ0n) is 18.9. The predicted molar refractivity (Wildman–Crippen MR) is 123 cm³/mol. The van der Waals surface area contributed by atoms with Gasteiger partial charge in [-0.15, -0.1) is 0 Å². The Kier molecular flexibility index (Phi) is 11.2. The predicted octanol–water partition coefficient (Wildman–Crippen LogP) is 6.03. The molecule has 2 atom stereocenters. The molecule has 7 heteroatoms. The van der Waals surface area contributed by atoms with Crippen LogP contribution >= 0.6 is 11.8 Å². The molecule has 172 valence electrons. The lowest BCUT2D eigenvalue weighted by Crippen LogP contribution is -2.49. The van der Waals surface area contributed by atoms with E-state index in [2.05, 4.69) is 0 Å². The van der Waals surface area contributed by atoms with E-state index in [0.717, 1.165) is 24.6 Å². The van der Waals surface area contributed by atoms with Crippen LogP contribution < -0.4 is 9.47 Å². The van der Waals surface area contributed by atoms with Gasteiger partial charge in [0.1, 0.15) is 11.5 Å². The van der Waals surface area contributed by atoms with Crippen LogP contribution in [0.3, 0.4) is 0 Å². The Bertz CT molecular complexity index is 655. The molecule has 6 nitrogen and oxygen atoms in total. The van der Waals surface area contributed by atoms with Gasteiger partial charge in [0.2, 0.25) is 0 Å². The Labute approximate surface area is 190 Å². The fraction of sp³-hybridized carbons (Fsp3) is 0.500. The minimum absolute atomic E-state index is 0.352. The highest BCUT2D eigenvalue weighted by Gasteiger charge is 2.51. The summed E-state index contributed by atoms with van der Waals surface area (Å²) in [4.78, 5) is 0. The molecule has 0 heterocycles. The van der Waals surface area contributed by atoms with E-state index < -0.39 is 10.6 Å². The maximum absolute atomic E-state index is 6.24. The van der Waals surface area contributed by atoms with Gasteiger partial charge in [0.25, 0.3) is 0 Å². The Balaban J connectivity index is 2.43. The topological polar surface area (TPSA) is 55.4 Å². The molecule has 0 aliphatic carbocycles. The molecule has 2 rings (SSSR count). The minimum Gasteiger partial charge on any atom is -0.430 e. The summed E-state index contributed by atoms with van der Waals surface area (Å²) < 4.78 is 36.8. The first kappa shape index (κ1) is 25.5. The Morgan fingerprint density at radius 3 is 1.29 bits per heavy atom. The van der Waals surface area contributed by atoms with Crippen LogP contribution in [0, 0.1) is 0 Å². The highest BCUT2D eigenvalue weighted by atomic mass is 32.2. The standard InChI is InChI=1S/C24H34O6S/c1-5-19-27-23(25-7-3,29-21-15-11-9-12-16-21)31-24(26-8-4,28-20-6-2)30-22-17-13-10-14-18-22/h9-18H,5-8,19-20H2,1-4H3. The number of thioether (sulfide) groups is 1. The van der Waals surface area contributed by atoms with Crippen LogP contribution in [0.4, 0.5) is 0 Å². The summed E-state index contributed by atoms with van der Waals surface area (Å²) in [6.45, 7) is 9.35. The van der Waals surface area contributed by atoms with Crippen molar-refractivity contribution in [2.75, 3.05) is 26.4 Å². The molecular formula is C24H34O6S. The van der Waals surface area contributed by atoms with Crippen molar-refractivity contribution < 1.29 is 28.4 Å². The molecule has 2 unspecified atom stereocenters. The molecule has 2 aromatic carbocycles. The molecule has 0 N–H and O–H groups in total. The molecular weight excluding hydrogens is 416 g/mol. The van der Waals surface area contributed by atoms with Gasteiger partial charge >= 0.3 is 10.6 Å². The van der Waals surface area contributed by atoms with E-state index >= 15 is 0 Å². The second-order valence-electron chi connectivity index (χ2n) is 6.50. The number of ether oxygens (including phenoxy) is 6. The second kappa shape index (κ2) is 13.6. The molecule has 0 amide bonds. The highest BCUT2D eigenvalue weighted by Crippen LogP contribution is 2.43. The van der Waals surface area contributed by atoms with Crippen molar-refractivity contribution in [2.45, 2.75) is 51.1 Å². The number of rotatable bonds is 16. The molecule has 2 aromatic rings. The highest BCUT2D eigenvalue weighted by molar-refractivity contribution is 8.01. The third kappa shape index (κ3) is 8.35. The maximum Gasteiger partial charge on any atom is 0.391 e. The summed E-state index contributed by atoms with van der Waals surface area (Å²) in [5.41, 5.74) is 0. The van der Waals surface area contributed by atoms with E-state index in [4.69, 9.17) is 28.4 Å². The molecule has 31 heavy (non-hydrogen) atoms. The van der Waals surface area contributed by atoms with Crippen molar-refractivity contribution in [3.05, 3.63) is 60.7 Å². The van der Waals surface area contributed by atoms with Crippen LogP contribution in [-0.2, 0) is 18.9 Å². The van der Waals surface area contributed by atoms with Gasteiger partial charge in [-0.05, 0) is 51.0 Å². The van der Waals surface area contributed by atoms with Gasteiger partial charge in [-0.25, -0.2) is 0 Å². The van der Waals surface area contributed by atoms with Gasteiger partial charge in [-0.1, -0.05) is 50.2 Å². The van der Waals surface area contributed by atoms with Crippen molar-refractivity contribution >= 4 is 11.8 Å². The van der Waals surface area contributed by atoms with Crippen LogP contribution in [0.2, 0.25) is 0 Å². The third-order valence-electron chi connectivity index (χ3n) is 3.83. The minimum atomic E-state index is -1.54. The Morgan fingerprint density at radius 2 is 0.968 bits per heavy atom. The van der Waals surface area contributed by atoms with Gasteiger partial charge in [-0.3, -0.25) is 0 Å². The van der Waals surface area contributed by atoms with E-state index in [-0.39, 0.29) is 0 Å². The van der Waals surface area contributed by atoms with Gasteiger partial charge in [0, 0.05) is 0 Å². The summed E-state index contributed by atoms with van der Waals surface area (Å²) >= 11 is 1.07. The van der Waals surface area contributed by atoms with Crippen molar-refractivity contribution in [2.24, 2.45) is 0 Å². The molecule has 0 saturated heterocycles. The summed E-state index contributed by atoms with van der Waals surface area (Å²) in [7, 11) is 0. The van der Waals surface area contributed by atoms with E-state index in [9.17, 15) is 0 Å². The fourth-order valence-corrected chi connectivity index (χ4v) is 3.81. The largest absolute Gasteiger partial charge is 0.430 e. The summed E-state index contributed by atoms with van der Waals surface area (Å²) in [5.74, 6) is 1.19. The van der Waals surface area contributed by atoms with E-state index in [1.807, 2.05) is 88.4 Å². The van der Waals surface area contributed by atoms with Crippen molar-refractivity contribution in [3.8, 4) is 11.5 Å². The SMILES string of the molecule is CCCOC(OCC)(Oc1ccccc1)SC(OCC)(OCCC)Oc1ccccc1. The first-order valence-electron chi connectivity index (χ1n) is 10.8. The Morgan fingerprint density at radius 1 is 0.581 bits per heavy atom. The normalized spacial score (nSPS) is 15.1. The number of hydrogen-bond acceptors (Lipinski definition) is 7. The monoisotopic (exact) mass is 450 g/mol.